The molecular formula is C27H34O4Si. The molecular weight excluding hydrogens is 416 g/mol. The Balaban J connectivity index is 2.19. The van der Waals surface area contributed by atoms with E-state index in [2.05, 4.69) is 41.5 Å². The molecule has 0 fully saturated rings. The second-order valence-corrected chi connectivity index (χ2v) is 14.8. The van der Waals surface area contributed by atoms with Gasteiger partial charge in [0.15, 0.2) is 0 Å². The van der Waals surface area contributed by atoms with Crippen molar-refractivity contribution in [2.24, 2.45) is 0 Å². The third kappa shape index (κ3) is 4.39. The van der Waals surface area contributed by atoms with E-state index in [-0.39, 0.29) is 11.3 Å². The number of phenolic OH excluding ortho intramolecular Hbond substituents is 1. The highest BCUT2D eigenvalue weighted by Crippen LogP contribution is 2.46. The number of ether oxygens (including phenoxy) is 1. The fourth-order valence-electron chi connectivity index (χ4n) is 4.93. The van der Waals surface area contributed by atoms with Crippen molar-refractivity contribution in [2.45, 2.75) is 65.1 Å². The molecule has 0 unspecified atom stereocenters. The average Bonchev–Trinajstić information content (AvgIpc) is 2.73. The first kappa shape index (κ1) is 23.9. The normalized spacial score (nSPS) is 12.1. The smallest absolute Gasteiger partial charge is 0.347 e. The molecule has 0 bridgehead atoms. The van der Waals surface area contributed by atoms with Crippen LogP contribution in [0.1, 0.15) is 57.5 Å². The van der Waals surface area contributed by atoms with Crippen molar-refractivity contribution < 1.29 is 19.1 Å². The van der Waals surface area contributed by atoms with E-state index in [1.165, 1.54) is 0 Å². The van der Waals surface area contributed by atoms with Gasteiger partial charge in [-0.15, -0.1) is 0 Å². The zero-order valence-electron chi connectivity index (χ0n) is 20.1. The molecule has 0 radical (unpaired) electrons. The Hall–Kier alpha value is -2.79. The predicted molar refractivity (Wildman–Crippen MR) is 133 cm³/mol. The molecule has 0 aliphatic carbocycles. The van der Waals surface area contributed by atoms with Crippen molar-refractivity contribution in [1.29, 1.82) is 0 Å². The lowest BCUT2D eigenvalue weighted by molar-refractivity contribution is 0.0731. The lowest BCUT2D eigenvalue weighted by Crippen LogP contribution is -2.50. The number of aryl methyl sites for hydroxylation is 1. The Kier molecular flexibility index (Phi) is 6.99. The quantitative estimate of drug-likeness (QED) is 0.228. The number of para-hydroxylation sites is 1. The monoisotopic (exact) mass is 450 g/mol. The van der Waals surface area contributed by atoms with Crippen LogP contribution in [0.3, 0.4) is 0 Å². The molecule has 1 N–H and O–H groups in total. The second-order valence-electron chi connectivity index (χ2n) is 9.44. The molecule has 0 aromatic heterocycles. The van der Waals surface area contributed by atoms with E-state index in [0.717, 1.165) is 10.9 Å². The zero-order valence-corrected chi connectivity index (χ0v) is 21.1. The number of hydrogen-bond acceptors (Lipinski definition) is 4. The minimum atomic E-state index is -2.29. The van der Waals surface area contributed by atoms with E-state index >= 15 is 0 Å². The Morgan fingerprint density at radius 2 is 1.44 bits per heavy atom. The number of phenols is 1. The van der Waals surface area contributed by atoms with E-state index in [9.17, 15) is 9.90 Å². The lowest BCUT2D eigenvalue weighted by Gasteiger charge is -2.42. The first-order valence-corrected chi connectivity index (χ1v) is 13.4. The highest BCUT2D eigenvalue weighted by atomic mass is 28.4. The molecule has 5 heteroatoms. The summed E-state index contributed by atoms with van der Waals surface area (Å²) in [6, 6.07) is 16.3. The largest absolute Gasteiger partial charge is 0.542 e. The summed E-state index contributed by atoms with van der Waals surface area (Å²) >= 11 is 0. The SMILES string of the molecule is Cc1ccc2c(O)c(C(=O)Oc3ccccc3)cc(O[Si](C(C)C)(C(C)C)C(C)C)c2c1. The molecule has 0 spiro atoms. The standard InChI is InChI=1S/C27H34O4Si/c1-17(2)32(18(3)4,19(5)6)31-25-16-24(27(29)30-21-11-9-8-10-12-21)26(28)22-14-13-20(7)15-23(22)25/h8-19,28H,1-7H3. The molecule has 3 aromatic rings. The van der Waals surface area contributed by atoms with Crippen LogP contribution in [-0.4, -0.2) is 19.4 Å². The van der Waals surface area contributed by atoms with Gasteiger partial charge in [-0.2, -0.15) is 0 Å². The first-order chi connectivity index (χ1) is 15.1. The van der Waals surface area contributed by atoms with Gasteiger partial charge in [0, 0.05) is 10.8 Å². The van der Waals surface area contributed by atoms with Gasteiger partial charge in [0.2, 0.25) is 0 Å². The minimum absolute atomic E-state index is 0.0841. The van der Waals surface area contributed by atoms with Gasteiger partial charge in [0.05, 0.1) is 0 Å². The van der Waals surface area contributed by atoms with Gasteiger partial charge in [0.1, 0.15) is 22.8 Å². The summed E-state index contributed by atoms with van der Waals surface area (Å²) in [5.41, 5.74) is 2.29. The highest BCUT2D eigenvalue weighted by Gasteiger charge is 2.47. The molecule has 3 rings (SSSR count). The number of carbonyl (C=O) groups is 1. The molecule has 0 atom stereocenters. The molecule has 3 aromatic carbocycles. The topological polar surface area (TPSA) is 55.8 Å². The van der Waals surface area contributed by atoms with E-state index in [1.54, 1.807) is 30.3 Å². The van der Waals surface area contributed by atoms with Gasteiger partial charge in [0.25, 0.3) is 8.32 Å². The molecule has 170 valence electrons. The Bertz CT molecular complexity index is 1080. The van der Waals surface area contributed by atoms with Gasteiger partial charge >= 0.3 is 5.97 Å². The maximum Gasteiger partial charge on any atom is 0.347 e. The van der Waals surface area contributed by atoms with E-state index in [0.29, 0.717) is 33.5 Å². The second kappa shape index (κ2) is 9.37. The highest BCUT2D eigenvalue weighted by molar-refractivity contribution is 6.78. The van der Waals surface area contributed by atoms with E-state index < -0.39 is 14.3 Å². The molecule has 0 aliphatic heterocycles. The van der Waals surface area contributed by atoms with Crippen molar-refractivity contribution in [3.63, 3.8) is 0 Å². The number of aromatic hydroxyl groups is 1. The number of esters is 1. The zero-order chi connectivity index (χ0) is 23.6. The van der Waals surface area contributed by atoms with Crippen LogP contribution >= 0.6 is 0 Å². The van der Waals surface area contributed by atoms with Crippen LogP contribution in [0.15, 0.2) is 54.6 Å². The van der Waals surface area contributed by atoms with Gasteiger partial charge in [-0.3, -0.25) is 0 Å². The van der Waals surface area contributed by atoms with Gasteiger partial charge in [-0.1, -0.05) is 77.4 Å². The Morgan fingerprint density at radius 1 is 0.844 bits per heavy atom. The molecule has 0 saturated heterocycles. The number of rotatable bonds is 7. The summed E-state index contributed by atoms with van der Waals surface area (Å²) in [4.78, 5) is 13.0. The summed E-state index contributed by atoms with van der Waals surface area (Å²) in [5, 5.41) is 12.4. The van der Waals surface area contributed by atoms with Crippen LogP contribution in [-0.2, 0) is 0 Å². The van der Waals surface area contributed by atoms with Gasteiger partial charge in [-0.25, -0.2) is 4.79 Å². The van der Waals surface area contributed by atoms with E-state index in [1.807, 2.05) is 31.2 Å². The summed E-state index contributed by atoms with van der Waals surface area (Å²) in [5.74, 6) is 0.383. The van der Waals surface area contributed by atoms with Crippen LogP contribution in [0.2, 0.25) is 16.6 Å². The van der Waals surface area contributed by atoms with Crippen LogP contribution < -0.4 is 9.16 Å². The summed E-state index contributed by atoms with van der Waals surface area (Å²) in [6.45, 7) is 15.4. The minimum Gasteiger partial charge on any atom is -0.542 e. The average molecular weight is 451 g/mol. The third-order valence-corrected chi connectivity index (χ3v) is 12.4. The molecule has 0 amide bonds. The molecule has 0 aliphatic rings. The van der Waals surface area contributed by atoms with E-state index in [4.69, 9.17) is 9.16 Å². The van der Waals surface area contributed by atoms with Crippen molar-refractivity contribution >= 4 is 25.1 Å². The maximum atomic E-state index is 13.0. The van der Waals surface area contributed by atoms with Gasteiger partial charge in [-0.05, 0) is 47.8 Å². The summed E-state index contributed by atoms with van der Waals surface area (Å²) < 4.78 is 12.5. The van der Waals surface area contributed by atoms with Crippen molar-refractivity contribution in [3.05, 3.63) is 65.7 Å². The Morgan fingerprint density at radius 3 is 2.00 bits per heavy atom. The first-order valence-electron chi connectivity index (χ1n) is 11.3. The molecule has 4 nitrogen and oxygen atoms in total. The summed E-state index contributed by atoms with van der Waals surface area (Å²) in [6.07, 6.45) is 0. The van der Waals surface area contributed by atoms with Crippen LogP contribution in [0.4, 0.5) is 0 Å². The Labute approximate surface area is 192 Å². The molecule has 0 heterocycles. The number of fused-ring (bicyclic) bond motifs is 1. The van der Waals surface area contributed by atoms with Crippen LogP contribution in [0.25, 0.3) is 10.8 Å². The molecule has 32 heavy (non-hydrogen) atoms. The number of carbonyl (C=O) groups excluding carboxylic acids is 1. The summed E-state index contributed by atoms with van der Waals surface area (Å²) in [7, 11) is -2.29. The number of benzene rings is 3. The fourth-order valence-corrected chi connectivity index (χ4v) is 10.2. The van der Waals surface area contributed by atoms with Crippen LogP contribution in [0, 0.1) is 6.92 Å². The maximum absolute atomic E-state index is 13.0. The number of hydrogen-bond donors (Lipinski definition) is 1. The fraction of sp³-hybridized carbons (Fsp3) is 0.370. The van der Waals surface area contributed by atoms with Crippen molar-refractivity contribution in [1.82, 2.24) is 0 Å². The third-order valence-electron chi connectivity index (χ3n) is 6.39. The van der Waals surface area contributed by atoms with Gasteiger partial charge < -0.3 is 14.3 Å². The van der Waals surface area contributed by atoms with Crippen LogP contribution in [0.5, 0.6) is 17.2 Å². The lowest BCUT2D eigenvalue weighted by atomic mass is 10.0. The van der Waals surface area contributed by atoms with Crippen molar-refractivity contribution in [3.8, 4) is 17.2 Å². The van der Waals surface area contributed by atoms with Crippen molar-refractivity contribution in [2.75, 3.05) is 0 Å². The molecule has 0 saturated carbocycles. The predicted octanol–water partition coefficient (Wildman–Crippen LogP) is 7.63.